The summed E-state index contributed by atoms with van der Waals surface area (Å²) in [6.07, 6.45) is 2.16. The predicted molar refractivity (Wildman–Crippen MR) is 60.8 cm³/mol. The Morgan fingerprint density at radius 2 is 2.41 bits per heavy atom. The van der Waals surface area contributed by atoms with Gasteiger partial charge in [0.15, 0.2) is 5.01 Å². The summed E-state index contributed by atoms with van der Waals surface area (Å²) in [5.41, 5.74) is 0.640. The van der Waals surface area contributed by atoms with Crippen molar-refractivity contribution < 1.29 is 14.4 Å². The van der Waals surface area contributed by atoms with Gasteiger partial charge in [0.1, 0.15) is 12.0 Å². The molecule has 7 nitrogen and oxygen atoms in total. The van der Waals surface area contributed by atoms with Crippen LogP contribution in [0.3, 0.4) is 0 Å². The molecule has 0 saturated carbocycles. The van der Waals surface area contributed by atoms with Crippen molar-refractivity contribution in [2.45, 2.75) is 12.8 Å². The lowest BCUT2D eigenvalue weighted by Crippen LogP contribution is -2.04. The van der Waals surface area contributed by atoms with Crippen LogP contribution in [0.15, 0.2) is 16.9 Å². The van der Waals surface area contributed by atoms with Crippen LogP contribution >= 0.6 is 11.3 Å². The molecule has 8 heteroatoms. The Morgan fingerprint density at radius 3 is 3.12 bits per heavy atom. The molecule has 0 amide bonds. The van der Waals surface area contributed by atoms with Gasteiger partial charge in [0.2, 0.25) is 5.13 Å². The molecule has 0 radical (unpaired) electrons. The molecular formula is C9H10N4O3S. The van der Waals surface area contributed by atoms with Crippen LogP contribution in [0.1, 0.15) is 12.8 Å². The molecule has 17 heavy (non-hydrogen) atoms. The van der Waals surface area contributed by atoms with Gasteiger partial charge >= 0.3 is 5.97 Å². The molecule has 2 N–H and O–H groups in total. The van der Waals surface area contributed by atoms with Crippen LogP contribution in [0.5, 0.6) is 0 Å². The molecule has 0 spiro atoms. The second-order valence-electron chi connectivity index (χ2n) is 3.22. The Bertz CT molecular complexity index is 482. The van der Waals surface area contributed by atoms with E-state index in [1.165, 1.54) is 17.6 Å². The summed E-state index contributed by atoms with van der Waals surface area (Å²) < 4.78 is 4.71. The topological polar surface area (TPSA) is 101 Å². The smallest absolute Gasteiger partial charge is 0.303 e. The maximum atomic E-state index is 10.3. The number of carbonyl (C=O) groups is 1. The molecule has 0 aliphatic carbocycles. The minimum absolute atomic E-state index is 0.141. The molecule has 0 unspecified atom stereocenters. The van der Waals surface area contributed by atoms with Crippen LogP contribution in [0.2, 0.25) is 0 Å². The molecule has 0 fully saturated rings. The summed E-state index contributed by atoms with van der Waals surface area (Å²) in [5.74, 6) is -0.799. The lowest BCUT2D eigenvalue weighted by molar-refractivity contribution is -0.137. The zero-order valence-corrected chi connectivity index (χ0v) is 9.61. The number of anilines is 1. The van der Waals surface area contributed by atoms with Crippen LogP contribution in [0.25, 0.3) is 10.7 Å². The van der Waals surface area contributed by atoms with Gasteiger partial charge in [-0.05, 0) is 6.42 Å². The van der Waals surface area contributed by atoms with E-state index >= 15 is 0 Å². The van der Waals surface area contributed by atoms with Crippen LogP contribution in [-0.4, -0.2) is 33.0 Å². The quantitative estimate of drug-likeness (QED) is 0.752. The first-order valence-corrected chi connectivity index (χ1v) is 5.77. The number of hydrogen-bond donors (Lipinski definition) is 2. The van der Waals surface area contributed by atoms with Crippen molar-refractivity contribution in [3.8, 4) is 10.7 Å². The molecule has 0 aliphatic heterocycles. The lowest BCUT2D eigenvalue weighted by Gasteiger charge is -1.98. The highest BCUT2D eigenvalue weighted by atomic mass is 32.1. The van der Waals surface area contributed by atoms with Crippen molar-refractivity contribution in [3.05, 3.63) is 12.3 Å². The fourth-order valence-corrected chi connectivity index (χ4v) is 1.89. The summed E-state index contributed by atoms with van der Waals surface area (Å²) in [4.78, 5) is 10.3. The first kappa shape index (κ1) is 11.5. The normalized spacial score (nSPS) is 10.4. The van der Waals surface area contributed by atoms with E-state index in [4.69, 9.17) is 9.63 Å². The fraction of sp³-hybridized carbons (Fsp3) is 0.333. The lowest BCUT2D eigenvalue weighted by atomic mass is 10.3. The summed E-state index contributed by atoms with van der Waals surface area (Å²) in [6, 6.07) is 1.70. The third kappa shape index (κ3) is 3.25. The Hall–Kier alpha value is -1.96. The Kier molecular flexibility index (Phi) is 3.66. The van der Waals surface area contributed by atoms with E-state index in [0.717, 1.165) is 0 Å². The van der Waals surface area contributed by atoms with Crippen molar-refractivity contribution >= 4 is 22.4 Å². The molecule has 0 bridgehead atoms. The molecule has 0 saturated heterocycles. The second kappa shape index (κ2) is 5.39. The van der Waals surface area contributed by atoms with E-state index in [-0.39, 0.29) is 6.42 Å². The first-order valence-electron chi connectivity index (χ1n) is 4.95. The van der Waals surface area contributed by atoms with Gasteiger partial charge in [-0.25, -0.2) is 0 Å². The minimum Gasteiger partial charge on any atom is -0.481 e. The van der Waals surface area contributed by atoms with E-state index in [9.17, 15) is 4.79 Å². The standard InChI is InChI=1S/C9H10N4O3S/c14-7(15)2-1-4-10-9-12-11-8(17-9)6-3-5-16-13-6/h3,5H,1-2,4H2,(H,10,12)(H,14,15). The number of nitrogens with zero attached hydrogens (tertiary/aromatic N) is 3. The molecule has 90 valence electrons. The highest BCUT2D eigenvalue weighted by Gasteiger charge is 2.08. The van der Waals surface area contributed by atoms with Crippen molar-refractivity contribution in [1.29, 1.82) is 0 Å². The average molecular weight is 254 g/mol. The molecular weight excluding hydrogens is 244 g/mol. The maximum Gasteiger partial charge on any atom is 0.303 e. The Labute approximate surface area is 100 Å². The zero-order valence-electron chi connectivity index (χ0n) is 8.79. The van der Waals surface area contributed by atoms with Gasteiger partial charge in [-0.15, -0.1) is 10.2 Å². The van der Waals surface area contributed by atoms with E-state index in [1.54, 1.807) is 6.07 Å². The largest absolute Gasteiger partial charge is 0.481 e. The van der Waals surface area contributed by atoms with Gasteiger partial charge in [0.25, 0.3) is 0 Å². The molecule has 0 aliphatic rings. The van der Waals surface area contributed by atoms with E-state index < -0.39 is 5.97 Å². The van der Waals surface area contributed by atoms with Gasteiger partial charge in [-0.3, -0.25) is 4.79 Å². The maximum absolute atomic E-state index is 10.3. The van der Waals surface area contributed by atoms with E-state index in [0.29, 0.717) is 28.8 Å². The number of aliphatic carboxylic acids is 1. The number of carboxylic acids is 1. The van der Waals surface area contributed by atoms with Gasteiger partial charge in [0.05, 0.1) is 0 Å². The molecule has 0 atom stereocenters. The van der Waals surface area contributed by atoms with Gasteiger partial charge in [-0.2, -0.15) is 0 Å². The first-order chi connectivity index (χ1) is 8.25. The van der Waals surface area contributed by atoms with Crippen LogP contribution in [0.4, 0.5) is 5.13 Å². The summed E-state index contributed by atoms with van der Waals surface area (Å²) >= 11 is 1.35. The Balaban J connectivity index is 1.84. The number of aromatic nitrogens is 3. The van der Waals surface area contributed by atoms with E-state index in [1.807, 2.05) is 0 Å². The predicted octanol–water partition coefficient (Wildman–Crippen LogP) is 1.47. The summed E-state index contributed by atoms with van der Waals surface area (Å²) in [5, 5.41) is 24.4. The van der Waals surface area contributed by atoms with Crippen molar-refractivity contribution in [3.63, 3.8) is 0 Å². The Morgan fingerprint density at radius 1 is 1.53 bits per heavy atom. The highest BCUT2D eigenvalue weighted by Crippen LogP contribution is 2.24. The molecule has 2 rings (SSSR count). The van der Waals surface area contributed by atoms with Crippen molar-refractivity contribution in [2.75, 3.05) is 11.9 Å². The number of hydrogen-bond acceptors (Lipinski definition) is 7. The number of rotatable bonds is 6. The molecule has 2 aromatic rings. The highest BCUT2D eigenvalue weighted by molar-refractivity contribution is 7.18. The number of nitrogens with one attached hydrogen (secondary N) is 1. The average Bonchev–Trinajstić information content (AvgIpc) is 2.94. The minimum atomic E-state index is -0.799. The van der Waals surface area contributed by atoms with Crippen LogP contribution < -0.4 is 5.32 Å². The molecule has 2 aromatic heterocycles. The summed E-state index contributed by atoms with van der Waals surface area (Å²) in [7, 11) is 0. The fourth-order valence-electron chi connectivity index (χ4n) is 1.16. The molecule has 2 heterocycles. The van der Waals surface area contributed by atoms with Crippen molar-refractivity contribution in [2.24, 2.45) is 0 Å². The van der Waals surface area contributed by atoms with Gasteiger partial charge in [-0.1, -0.05) is 16.5 Å². The van der Waals surface area contributed by atoms with E-state index in [2.05, 4.69) is 20.7 Å². The van der Waals surface area contributed by atoms with Gasteiger partial charge in [0, 0.05) is 19.0 Å². The third-order valence-electron chi connectivity index (χ3n) is 1.93. The SMILES string of the molecule is O=C(O)CCCNc1nnc(-c2ccon2)s1. The van der Waals surface area contributed by atoms with Crippen LogP contribution in [-0.2, 0) is 4.79 Å². The summed E-state index contributed by atoms with van der Waals surface area (Å²) in [6.45, 7) is 0.555. The number of carboxylic acid groups (broad SMARTS) is 1. The zero-order chi connectivity index (χ0) is 12.1. The van der Waals surface area contributed by atoms with Crippen molar-refractivity contribution in [1.82, 2.24) is 15.4 Å². The second-order valence-corrected chi connectivity index (χ2v) is 4.20. The third-order valence-corrected chi connectivity index (χ3v) is 2.83. The molecule has 0 aromatic carbocycles. The monoisotopic (exact) mass is 254 g/mol. The van der Waals surface area contributed by atoms with Crippen LogP contribution in [0, 0.1) is 0 Å². The van der Waals surface area contributed by atoms with Gasteiger partial charge < -0.3 is 14.9 Å².